The van der Waals surface area contributed by atoms with Crippen molar-refractivity contribution in [3.05, 3.63) is 23.8 Å². The molecule has 1 aromatic rings. The van der Waals surface area contributed by atoms with Gasteiger partial charge in [0.15, 0.2) is 11.5 Å². The van der Waals surface area contributed by atoms with Gasteiger partial charge in [0.05, 0.1) is 19.1 Å². The van der Waals surface area contributed by atoms with E-state index >= 15 is 0 Å². The quantitative estimate of drug-likeness (QED) is 0.216. The molecule has 11 heteroatoms. The molecule has 0 spiro atoms. The molecule has 0 radical (unpaired) electrons. The normalized spacial score (nSPS) is 15.1. The zero-order valence-electron chi connectivity index (χ0n) is 22.4. The minimum atomic E-state index is -1.04. The molecule has 38 heavy (non-hydrogen) atoms. The average Bonchev–Trinajstić information content (AvgIpc) is 2.91. The predicted molar refractivity (Wildman–Crippen MR) is 136 cm³/mol. The summed E-state index contributed by atoms with van der Waals surface area (Å²) in [6.07, 6.45) is 3.52. The molecule has 2 atom stereocenters. The Morgan fingerprint density at radius 3 is 2.11 bits per heavy atom. The number of rotatable bonds is 13. The summed E-state index contributed by atoms with van der Waals surface area (Å²) in [5, 5.41) is 0. The van der Waals surface area contributed by atoms with Gasteiger partial charge in [-0.1, -0.05) is 39.2 Å². The maximum atomic E-state index is 12.5. The number of nitrogens with two attached hydrogens (primary N) is 1. The fraction of sp³-hybridized carbons (Fsp3) is 0.630. The summed E-state index contributed by atoms with van der Waals surface area (Å²) >= 11 is 0. The minimum absolute atomic E-state index is 0.0377. The molecule has 0 unspecified atom stereocenters. The lowest BCUT2D eigenvalue weighted by Crippen LogP contribution is -2.36. The second-order valence-electron chi connectivity index (χ2n) is 9.21. The van der Waals surface area contributed by atoms with Gasteiger partial charge < -0.3 is 34.2 Å². The molecule has 1 aliphatic rings. The fourth-order valence-electron chi connectivity index (χ4n) is 3.76. The van der Waals surface area contributed by atoms with Crippen molar-refractivity contribution < 1.29 is 47.6 Å². The summed E-state index contributed by atoms with van der Waals surface area (Å²) in [4.78, 5) is 48.6. The number of hydrogen-bond acceptors (Lipinski definition) is 11. The first-order valence-electron chi connectivity index (χ1n) is 13.2. The third kappa shape index (κ3) is 11.0. The van der Waals surface area contributed by atoms with Crippen molar-refractivity contribution >= 4 is 24.2 Å². The zero-order valence-corrected chi connectivity index (χ0v) is 22.4. The van der Waals surface area contributed by atoms with Crippen molar-refractivity contribution in [2.45, 2.75) is 84.3 Å². The second kappa shape index (κ2) is 16.5. The molecule has 11 nitrogen and oxygen atoms in total. The third-order valence-corrected chi connectivity index (χ3v) is 5.72. The molecule has 0 bridgehead atoms. The van der Waals surface area contributed by atoms with Crippen LogP contribution in [0.25, 0.3) is 0 Å². The summed E-state index contributed by atoms with van der Waals surface area (Å²) in [7, 11) is 0. The molecule has 0 aliphatic heterocycles. The monoisotopic (exact) mass is 537 g/mol. The van der Waals surface area contributed by atoms with Crippen molar-refractivity contribution in [2.75, 3.05) is 19.8 Å². The van der Waals surface area contributed by atoms with Gasteiger partial charge in [-0.15, -0.1) is 0 Å². The maximum absolute atomic E-state index is 12.5. The van der Waals surface area contributed by atoms with Gasteiger partial charge in [0, 0.05) is 0 Å². The van der Waals surface area contributed by atoms with Crippen molar-refractivity contribution in [1.29, 1.82) is 0 Å². The van der Waals surface area contributed by atoms with Crippen LogP contribution in [0, 0.1) is 5.92 Å². The summed E-state index contributed by atoms with van der Waals surface area (Å²) in [5.74, 6) is -1.20. The first-order valence-corrected chi connectivity index (χ1v) is 13.2. The lowest BCUT2D eigenvalue weighted by molar-refractivity contribution is -0.162. The van der Waals surface area contributed by atoms with Crippen LogP contribution in [-0.2, 0) is 35.0 Å². The van der Waals surface area contributed by atoms with E-state index in [0.717, 1.165) is 32.1 Å². The Kier molecular flexibility index (Phi) is 13.4. The number of carbonyl (C=O) groups excluding carboxylic acids is 4. The highest BCUT2D eigenvalue weighted by molar-refractivity contribution is 5.76. The highest BCUT2D eigenvalue weighted by Gasteiger charge is 2.25. The van der Waals surface area contributed by atoms with E-state index in [1.807, 2.05) is 13.8 Å². The smallest absolute Gasteiger partial charge is 0.461 e. The van der Waals surface area contributed by atoms with Crippen LogP contribution in [0.2, 0.25) is 0 Å². The highest BCUT2D eigenvalue weighted by atomic mass is 16.7. The number of ether oxygens (including phenoxy) is 6. The van der Waals surface area contributed by atoms with E-state index in [2.05, 4.69) is 0 Å². The summed E-state index contributed by atoms with van der Waals surface area (Å²) < 4.78 is 30.8. The van der Waals surface area contributed by atoms with Crippen LogP contribution in [0.3, 0.4) is 0 Å². The summed E-state index contributed by atoms with van der Waals surface area (Å²) in [6.45, 7) is 5.52. The Hall–Kier alpha value is -3.34. The molecule has 0 aromatic heterocycles. The molecule has 1 aromatic carbocycles. The van der Waals surface area contributed by atoms with E-state index in [0.29, 0.717) is 18.4 Å². The molecule has 2 rings (SSSR count). The number of hydrogen-bond donors (Lipinski definition) is 1. The van der Waals surface area contributed by atoms with Gasteiger partial charge in [0.2, 0.25) is 0 Å². The van der Waals surface area contributed by atoms with Crippen molar-refractivity contribution in [3.8, 4) is 11.5 Å². The Morgan fingerprint density at radius 1 is 0.895 bits per heavy atom. The van der Waals surface area contributed by atoms with E-state index in [-0.39, 0.29) is 49.6 Å². The van der Waals surface area contributed by atoms with Crippen LogP contribution in [-0.4, -0.2) is 56.2 Å². The van der Waals surface area contributed by atoms with Crippen molar-refractivity contribution in [1.82, 2.24) is 0 Å². The zero-order chi connectivity index (χ0) is 27.9. The second-order valence-corrected chi connectivity index (χ2v) is 9.21. The van der Waals surface area contributed by atoms with E-state index in [1.165, 1.54) is 12.1 Å². The van der Waals surface area contributed by atoms with E-state index in [9.17, 15) is 19.2 Å². The average molecular weight is 538 g/mol. The fourth-order valence-corrected chi connectivity index (χ4v) is 3.76. The molecule has 0 saturated heterocycles. The Bertz CT molecular complexity index is 928. The SMILES string of the molecule is CCCOC(=O)Oc1ccc(C[C@H](N)C(=O)OC[C@H](C)OC(=O)C2CCCCC2)cc1OC(=O)OCCC. The summed E-state index contributed by atoms with van der Waals surface area (Å²) in [5.41, 5.74) is 6.54. The number of esters is 2. The molecule has 212 valence electrons. The molecule has 1 aliphatic carbocycles. The maximum Gasteiger partial charge on any atom is 0.513 e. The van der Waals surface area contributed by atoms with Gasteiger partial charge in [-0.3, -0.25) is 9.59 Å². The van der Waals surface area contributed by atoms with Gasteiger partial charge in [-0.25, -0.2) is 9.59 Å². The summed E-state index contributed by atoms with van der Waals surface area (Å²) in [6, 6.07) is 3.33. The molecular weight excluding hydrogens is 498 g/mol. The minimum Gasteiger partial charge on any atom is -0.461 e. The third-order valence-electron chi connectivity index (χ3n) is 5.72. The Balaban J connectivity index is 1.95. The van der Waals surface area contributed by atoms with Crippen molar-refractivity contribution in [3.63, 3.8) is 0 Å². The lowest BCUT2D eigenvalue weighted by Gasteiger charge is -2.22. The van der Waals surface area contributed by atoms with Crippen LogP contribution < -0.4 is 15.2 Å². The Labute approximate surface area is 223 Å². The molecule has 1 saturated carbocycles. The number of benzene rings is 1. The van der Waals surface area contributed by atoms with E-state index in [1.54, 1.807) is 13.0 Å². The molecular formula is C27H39NO10. The standard InChI is InChI=1S/C27H39NO10/c1-4-13-33-26(31)37-22-12-11-19(16-23(22)38-27(32)34-14-5-2)15-21(28)25(30)35-17-18(3)36-24(29)20-9-7-6-8-10-20/h11-12,16,18,20-21H,4-10,13-15,17,28H2,1-3H3/t18-,21-/m0/s1. The van der Waals surface area contributed by atoms with Crippen molar-refractivity contribution in [2.24, 2.45) is 11.7 Å². The predicted octanol–water partition coefficient (Wildman–Crippen LogP) is 4.46. The van der Waals surface area contributed by atoms with Gasteiger partial charge in [0.1, 0.15) is 18.8 Å². The molecule has 2 N–H and O–H groups in total. The van der Waals surface area contributed by atoms with Crippen LogP contribution in [0.5, 0.6) is 11.5 Å². The van der Waals surface area contributed by atoms with Crippen LogP contribution in [0.1, 0.15) is 71.3 Å². The largest absolute Gasteiger partial charge is 0.513 e. The van der Waals surface area contributed by atoms with Gasteiger partial charge >= 0.3 is 24.2 Å². The van der Waals surface area contributed by atoms with Crippen LogP contribution in [0.4, 0.5) is 9.59 Å². The van der Waals surface area contributed by atoms with Gasteiger partial charge in [-0.05, 0) is 56.7 Å². The first kappa shape index (κ1) is 30.9. The highest BCUT2D eigenvalue weighted by Crippen LogP contribution is 2.30. The molecule has 0 amide bonds. The van der Waals surface area contributed by atoms with E-state index < -0.39 is 30.4 Å². The lowest BCUT2D eigenvalue weighted by atomic mass is 9.89. The van der Waals surface area contributed by atoms with Crippen LogP contribution in [0.15, 0.2) is 18.2 Å². The first-order chi connectivity index (χ1) is 18.2. The topological polar surface area (TPSA) is 150 Å². The van der Waals surface area contributed by atoms with Gasteiger partial charge in [0.25, 0.3) is 0 Å². The Morgan fingerprint density at radius 2 is 1.50 bits per heavy atom. The number of carbonyl (C=O) groups is 4. The van der Waals surface area contributed by atoms with Gasteiger partial charge in [-0.2, -0.15) is 0 Å². The molecule has 1 fully saturated rings. The van der Waals surface area contributed by atoms with E-state index in [4.69, 9.17) is 34.2 Å². The molecule has 0 heterocycles. The van der Waals surface area contributed by atoms with Crippen LogP contribution >= 0.6 is 0 Å².